The summed E-state index contributed by atoms with van der Waals surface area (Å²) in [4.78, 5) is 2.37. The molecule has 1 aliphatic carbocycles. The van der Waals surface area contributed by atoms with Crippen molar-refractivity contribution in [1.29, 1.82) is 0 Å². The van der Waals surface area contributed by atoms with Gasteiger partial charge in [-0.05, 0) is 51.7 Å². The largest absolute Gasteiger partial charge is 0.352 e. The molecule has 4 rings (SSSR count). The third-order valence-corrected chi connectivity index (χ3v) is 8.84. The molecule has 2 unspecified atom stereocenters. The van der Waals surface area contributed by atoms with Gasteiger partial charge in [0.25, 0.3) is 0 Å². The molecule has 1 aromatic heterocycles. The van der Waals surface area contributed by atoms with Gasteiger partial charge in [0.1, 0.15) is 10.7 Å². The molecule has 1 aromatic carbocycles. The molecule has 0 saturated carbocycles. The Labute approximate surface area is 184 Å². The molecule has 0 amide bonds. The Hall–Kier alpha value is -2.05. The number of hydrogen-bond acceptors (Lipinski definition) is 4. The van der Waals surface area contributed by atoms with Crippen LogP contribution in [0.2, 0.25) is 0 Å². The topological polar surface area (TPSA) is 55.2 Å². The van der Waals surface area contributed by atoms with Gasteiger partial charge in [-0.2, -0.15) is 5.10 Å². The summed E-state index contributed by atoms with van der Waals surface area (Å²) in [6.45, 7) is 5.99. The van der Waals surface area contributed by atoms with E-state index in [1.54, 1.807) is 13.0 Å². The maximum Gasteiger partial charge on any atom is 0.190 e. The van der Waals surface area contributed by atoms with Gasteiger partial charge in [-0.3, -0.25) is 0 Å². The van der Waals surface area contributed by atoms with Crippen LogP contribution in [0.15, 0.2) is 64.2 Å². The highest BCUT2D eigenvalue weighted by Gasteiger charge is 2.42. The van der Waals surface area contributed by atoms with Crippen molar-refractivity contribution in [3.05, 3.63) is 64.8 Å². The highest BCUT2D eigenvalue weighted by molar-refractivity contribution is 7.92. The zero-order valence-corrected chi connectivity index (χ0v) is 19.4. The van der Waals surface area contributed by atoms with Gasteiger partial charge in [0.15, 0.2) is 9.84 Å². The monoisotopic (exact) mass is 445 g/mol. The summed E-state index contributed by atoms with van der Waals surface area (Å²) in [5, 5.41) is 4.68. The Morgan fingerprint density at radius 1 is 1.17 bits per heavy atom. The molecule has 2 heterocycles. The first kappa shape index (κ1) is 21.2. The van der Waals surface area contributed by atoms with Gasteiger partial charge in [-0.25, -0.2) is 13.1 Å². The van der Waals surface area contributed by atoms with Gasteiger partial charge in [0.05, 0.1) is 23.0 Å². The first-order valence-electron chi connectivity index (χ1n) is 10.3. The second-order valence-corrected chi connectivity index (χ2v) is 11.6. The van der Waals surface area contributed by atoms with Gasteiger partial charge < -0.3 is 4.90 Å². The molecule has 0 fully saturated rings. The van der Waals surface area contributed by atoms with Crippen LogP contribution < -0.4 is 4.90 Å². The third-order valence-electron chi connectivity index (χ3n) is 6.39. The summed E-state index contributed by atoms with van der Waals surface area (Å²) >= 11 is 6.07. The van der Waals surface area contributed by atoms with Gasteiger partial charge in [0.2, 0.25) is 0 Å². The van der Waals surface area contributed by atoms with Crippen molar-refractivity contribution in [3.63, 3.8) is 0 Å². The lowest BCUT2D eigenvalue weighted by Crippen LogP contribution is -2.43. The highest BCUT2D eigenvalue weighted by Crippen LogP contribution is 2.45. The highest BCUT2D eigenvalue weighted by atomic mass is 35.5. The van der Waals surface area contributed by atoms with Crippen LogP contribution >= 0.6 is 11.6 Å². The molecule has 0 N–H and O–H groups in total. The Morgan fingerprint density at radius 3 is 2.50 bits per heavy atom. The average molecular weight is 446 g/mol. The number of allylic oxidation sites excluding steroid dienone is 3. The third kappa shape index (κ3) is 3.50. The molecule has 5 nitrogen and oxygen atoms in total. The summed E-state index contributed by atoms with van der Waals surface area (Å²) in [6, 6.07) is 10.3. The summed E-state index contributed by atoms with van der Waals surface area (Å²) in [7, 11) is -1.64. The van der Waals surface area contributed by atoms with Crippen molar-refractivity contribution >= 4 is 27.3 Å². The number of hydrogen-bond donors (Lipinski definition) is 0. The lowest BCUT2D eigenvalue weighted by atomic mass is 9.88. The Bertz CT molecular complexity index is 1120. The molecule has 2 aromatic rings. The molecule has 0 bridgehead atoms. The van der Waals surface area contributed by atoms with Crippen LogP contribution in [0.5, 0.6) is 0 Å². The van der Waals surface area contributed by atoms with Crippen LogP contribution in [0, 0.1) is 0 Å². The molecule has 2 aliphatic rings. The molecule has 0 radical (unpaired) electrons. The Balaban J connectivity index is 1.79. The molecule has 160 valence electrons. The van der Waals surface area contributed by atoms with E-state index >= 15 is 0 Å². The second-order valence-electron chi connectivity index (χ2n) is 8.84. The van der Waals surface area contributed by atoms with Crippen molar-refractivity contribution in [2.24, 2.45) is 0 Å². The van der Waals surface area contributed by atoms with Crippen LogP contribution in [0.25, 0.3) is 0 Å². The molecule has 1 aliphatic heterocycles. The van der Waals surface area contributed by atoms with Gasteiger partial charge in [-0.1, -0.05) is 53.6 Å². The van der Waals surface area contributed by atoms with Crippen molar-refractivity contribution in [1.82, 2.24) is 9.78 Å². The van der Waals surface area contributed by atoms with Crippen molar-refractivity contribution in [2.75, 3.05) is 11.9 Å². The van der Waals surface area contributed by atoms with E-state index in [1.807, 2.05) is 36.0 Å². The quantitative estimate of drug-likeness (QED) is 0.648. The maximum atomic E-state index is 13.7. The minimum Gasteiger partial charge on any atom is -0.352 e. The lowest BCUT2D eigenvalue weighted by molar-refractivity contribution is 0.244. The number of fused-ring (bicyclic) bond motifs is 1. The minimum absolute atomic E-state index is 0.0743. The number of halogens is 1. The molecule has 0 saturated heterocycles. The number of benzene rings is 1. The van der Waals surface area contributed by atoms with E-state index in [9.17, 15) is 8.42 Å². The van der Waals surface area contributed by atoms with E-state index in [1.165, 1.54) is 11.8 Å². The predicted octanol–water partition coefficient (Wildman–Crippen LogP) is 5.20. The van der Waals surface area contributed by atoms with Crippen LogP contribution in [0.3, 0.4) is 0 Å². The van der Waals surface area contributed by atoms with Crippen molar-refractivity contribution < 1.29 is 8.42 Å². The van der Waals surface area contributed by atoms with Crippen LogP contribution in [-0.4, -0.2) is 30.5 Å². The Kier molecular flexibility index (Phi) is 5.35. The SMILES string of the molecule is CC(C1=CC=C(Cl)CC1)S(=O)(=O)c1cnn2c1N(C)C(c1ccccc1)CC2(C)C. The summed E-state index contributed by atoms with van der Waals surface area (Å²) in [5.41, 5.74) is 1.75. The first-order valence-corrected chi connectivity index (χ1v) is 12.2. The standard InChI is InChI=1S/C23H28ClN3O2S/c1-16(17-10-12-19(24)13-11-17)30(28,29)21-15-25-27-22(21)26(4)20(14-23(27,2)3)18-8-6-5-7-9-18/h5-10,12,15-16,20H,11,13-14H2,1-4H3. The van der Waals surface area contributed by atoms with Crippen LogP contribution in [0.1, 0.15) is 51.6 Å². The zero-order chi connectivity index (χ0) is 21.7. The van der Waals surface area contributed by atoms with E-state index in [0.717, 1.165) is 17.0 Å². The molecule has 7 heteroatoms. The maximum absolute atomic E-state index is 13.7. The van der Waals surface area contributed by atoms with Crippen molar-refractivity contribution in [2.45, 2.75) is 61.8 Å². The van der Waals surface area contributed by atoms with E-state index in [2.05, 4.69) is 36.0 Å². The average Bonchev–Trinajstić information content (AvgIpc) is 3.19. The number of nitrogens with zero attached hydrogens (tertiary/aromatic N) is 3. The number of rotatable bonds is 4. The smallest absolute Gasteiger partial charge is 0.190 e. The fourth-order valence-corrected chi connectivity index (χ4v) is 6.32. The van der Waals surface area contributed by atoms with Crippen LogP contribution in [-0.2, 0) is 15.4 Å². The first-order chi connectivity index (χ1) is 14.1. The normalized spacial score (nSPS) is 22.2. The van der Waals surface area contributed by atoms with Gasteiger partial charge in [-0.15, -0.1) is 0 Å². The molecule has 0 spiro atoms. The van der Waals surface area contributed by atoms with Gasteiger partial charge in [0, 0.05) is 12.1 Å². The molecule has 2 atom stereocenters. The number of sulfone groups is 1. The predicted molar refractivity (Wildman–Crippen MR) is 122 cm³/mol. The fourth-order valence-electron chi connectivity index (χ4n) is 4.51. The number of aromatic nitrogens is 2. The Morgan fingerprint density at radius 2 is 1.87 bits per heavy atom. The van der Waals surface area contributed by atoms with E-state index in [4.69, 9.17) is 11.6 Å². The molecular weight excluding hydrogens is 418 g/mol. The summed E-state index contributed by atoms with van der Waals surface area (Å²) in [5.74, 6) is 0.664. The summed E-state index contributed by atoms with van der Waals surface area (Å²) in [6.07, 6.45) is 7.37. The van der Waals surface area contributed by atoms with E-state index in [0.29, 0.717) is 23.6 Å². The molecular formula is C23H28ClN3O2S. The van der Waals surface area contributed by atoms with Crippen molar-refractivity contribution in [3.8, 4) is 0 Å². The second kappa shape index (κ2) is 7.57. The summed E-state index contributed by atoms with van der Waals surface area (Å²) < 4.78 is 29.2. The number of anilines is 1. The fraction of sp³-hybridized carbons (Fsp3) is 0.435. The van der Waals surface area contributed by atoms with E-state index < -0.39 is 15.1 Å². The molecule has 30 heavy (non-hydrogen) atoms. The van der Waals surface area contributed by atoms with Gasteiger partial charge >= 0.3 is 0 Å². The minimum atomic E-state index is -3.61. The zero-order valence-electron chi connectivity index (χ0n) is 17.8. The lowest BCUT2D eigenvalue weighted by Gasteiger charge is -2.44. The van der Waals surface area contributed by atoms with E-state index in [-0.39, 0.29) is 11.6 Å². The van der Waals surface area contributed by atoms with Crippen LogP contribution in [0.4, 0.5) is 5.82 Å².